The highest BCUT2D eigenvalue weighted by molar-refractivity contribution is 5.83. The Morgan fingerprint density at radius 2 is 1.73 bits per heavy atom. The van der Waals surface area contributed by atoms with Gasteiger partial charge in [0, 0.05) is 13.0 Å². The van der Waals surface area contributed by atoms with Gasteiger partial charge in [-0.3, -0.25) is 4.79 Å². The van der Waals surface area contributed by atoms with Crippen LogP contribution in [0.2, 0.25) is 0 Å². The number of hydrogen-bond donors (Lipinski definition) is 1. The summed E-state index contributed by atoms with van der Waals surface area (Å²) in [5.41, 5.74) is 0. The Hall–Kier alpha value is -1.32. The number of rotatable bonds is 14. The number of amides is 1. The fourth-order valence-corrected chi connectivity index (χ4v) is 2.44. The van der Waals surface area contributed by atoms with Crippen molar-refractivity contribution in [2.75, 3.05) is 6.54 Å². The van der Waals surface area contributed by atoms with E-state index in [1.165, 1.54) is 24.2 Å². The van der Waals surface area contributed by atoms with Gasteiger partial charge >= 0.3 is 5.97 Å². The van der Waals surface area contributed by atoms with E-state index < -0.39 is 12.0 Å². The second-order valence-corrected chi connectivity index (χ2v) is 5.90. The van der Waals surface area contributed by atoms with E-state index in [2.05, 4.69) is 13.5 Å². The Morgan fingerprint density at radius 1 is 1.09 bits per heavy atom. The number of carbonyl (C=O) groups excluding carboxylic acids is 1. The average Bonchev–Trinajstić information content (AvgIpc) is 2.50. The fourth-order valence-electron chi connectivity index (χ4n) is 2.44. The van der Waals surface area contributed by atoms with E-state index in [0.717, 1.165) is 38.5 Å². The molecular formula is C18H33NO3. The minimum Gasteiger partial charge on any atom is -0.480 e. The van der Waals surface area contributed by atoms with Crippen LogP contribution in [0.25, 0.3) is 0 Å². The normalized spacial score (nSPS) is 11.9. The Labute approximate surface area is 135 Å². The minimum absolute atomic E-state index is 0.0347. The molecule has 0 bridgehead atoms. The molecule has 0 spiro atoms. The van der Waals surface area contributed by atoms with Crippen molar-refractivity contribution in [2.45, 2.75) is 84.1 Å². The summed E-state index contributed by atoms with van der Waals surface area (Å²) in [5.74, 6) is -0.960. The van der Waals surface area contributed by atoms with Crippen LogP contribution < -0.4 is 0 Å². The molecule has 0 aromatic heterocycles. The van der Waals surface area contributed by atoms with Gasteiger partial charge in [-0.15, -0.1) is 6.58 Å². The van der Waals surface area contributed by atoms with Gasteiger partial charge in [-0.2, -0.15) is 0 Å². The van der Waals surface area contributed by atoms with Crippen LogP contribution in [0.3, 0.4) is 0 Å². The van der Waals surface area contributed by atoms with Crippen LogP contribution in [0.15, 0.2) is 12.7 Å². The SMILES string of the molecule is C=CCCCCC(=O)N(CCCCCCCC)[C@@H](C)C(=O)O. The average molecular weight is 311 g/mol. The number of allylic oxidation sites excluding steroid dienone is 1. The first kappa shape index (κ1) is 20.7. The number of hydrogen-bond acceptors (Lipinski definition) is 2. The maximum atomic E-state index is 12.3. The molecule has 0 unspecified atom stereocenters. The molecular weight excluding hydrogens is 278 g/mol. The van der Waals surface area contributed by atoms with E-state index in [-0.39, 0.29) is 5.91 Å². The number of carboxylic acids is 1. The Bertz CT molecular complexity index is 328. The highest BCUT2D eigenvalue weighted by Gasteiger charge is 2.24. The summed E-state index contributed by atoms with van der Waals surface area (Å²) in [6.07, 6.45) is 11.7. The molecule has 0 fully saturated rings. The fraction of sp³-hybridized carbons (Fsp3) is 0.778. The molecule has 1 N–H and O–H groups in total. The topological polar surface area (TPSA) is 57.6 Å². The second-order valence-electron chi connectivity index (χ2n) is 5.90. The van der Waals surface area contributed by atoms with Crippen LogP contribution in [0.5, 0.6) is 0 Å². The lowest BCUT2D eigenvalue weighted by molar-refractivity contribution is -0.149. The number of aliphatic carboxylic acids is 1. The third kappa shape index (κ3) is 9.59. The first-order valence-electron chi connectivity index (χ1n) is 8.67. The molecule has 0 saturated heterocycles. The van der Waals surface area contributed by atoms with E-state index in [1.807, 2.05) is 6.08 Å². The van der Waals surface area contributed by atoms with E-state index in [4.69, 9.17) is 0 Å². The molecule has 0 aliphatic heterocycles. The van der Waals surface area contributed by atoms with Crippen molar-refractivity contribution in [1.29, 1.82) is 0 Å². The molecule has 4 nitrogen and oxygen atoms in total. The van der Waals surface area contributed by atoms with Crippen LogP contribution in [-0.4, -0.2) is 34.5 Å². The Balaban J connectivity index is 4.22. The molecule has 0 aromatic rings. The zero-order valence-corrected chi connectivity index (χ0v) is 14.4. The van der Waals surface area contributed by atoms with Crippen molar-refractivity contribution in [3.05, 3.63) is 12.7 Å². The Morgan fingerprint density at radius 3 is 2.32 bits per heavy atom. The van der Waals surface area contributed by atoms with E-state index in [9.17, 15) is 14.7 Å². The van der Waals surface area contributed by atoms with Gasteiger partial charge in [0.05, 0.1) is 0 Å². The lowest BCUT2D eigenvalue weighted by atomic mass is 10.1. The van der Waals surface area contributed by atoms with Gasteiger partial charge < -0.3 is 10.0 Å². The monoisotopic (exact) mass is 311 g/mol. The van der Waals surface area contributed by atoms with Gasteiger partial charge in [0.1, 0.15) is 6.04 Å². The molecule has 0 radical (unpaired) electrons. The molecule has 1 atom stereocenters. The molecule has 0 aliphatic carbocycles. The summed E-state index contributed by atoms with van der Waals surface area (Å²) in [4.78, 5) is 25.0. The van der Waals surface area contributed by atoms with Crippen molar-refractivity contribution < 1.29 is 14.7 Å². The molecule has 1 amide bonds. The van der Waals surface area contributed by atoms with E-state index in [0.29, 0.717) is 13.0 Å². The van der Waals surface area contributed by atoms with Gasteiger partial charge in [0.25, 0.3) is 0 Å². The standard InChI is InChI=1S/C18H33NO3/c1-4-6-8-10-11-13-15-19(16(3)18(21)22)17(20)14-12-9-7-5-2/h5,16H,2,4,6-15H2,1,3H3,(H,21,22)/t16-/m0/s1. The van der Waals surface area contributed by atoms with Crippen LogP contribution in [0.1, 0.15) is 78.1 Å². The third-order valence-electron chi connectivity index (χ3n) is 3.95. The predicted molar refractivity (Wildman–Crippen MR) is 90.9 cm³/mol. The van der Waals surface area contributed by atoms with Crippen molar-refractivity contribution in [1.82, 2.24) is 4.90 Å². The lowest BCUT2D eigenvalue weighted by Crippen LogP contribution is -2.43. The third-order valence-corrected chi connectivity index (χ3v) is 3.95. The molecule has 128 valence electrons. The summed E-state index contributed by atoms with van der Waals surface area (Å²) in [5, 5.41) is 9.18. The number of carbonyl (C=O) groups is 2. The molecule has 22 heavy (non-hydrogen) atoms. The minimum atomic E-state index is -0.926. The molecule has 0 rings (SSSR count). The molecule has 4 heteroatoms. The van der Waals surface area contributed by atoms with Crippen LogP contribution >= 0.6 is 0 Å². The smallest absolute Gasteiger partial charge is 0.326 e. The van der Waals surface area contributed by atoms with Gasteiger partial charge in [-0.05, 0) is 32.6 Å². The maximum Gasteiger partial charge on any atom is 0.326 e. The first-order chi connectivity index (χ1) is 10.5. The zero-order chi connectivity index (χ0) is 16.8. The summed E-state index contributed by atoms with van der Waals surface area (Å²) >= 11 is 0. The first-order valence-corrected chi connectivity index (χ1v) is 8.67. The number of nitrogens with zero attached hydrogens (tertiary/aromatic N) is 1. The number of carboxylic acid groups (broad SMARTS) is 1. The van der Waals surface area contributed by atoms with Crippen LogP contribution in [-0.2, 0) is 9.59 Å². The summed E-state index contributed by atoms with van der Waals surface area (Å²) in [6, 6.07) is -0.734. The summed E-state index contributed by atoms with van der Waals surface area (Å²) in [7, 11) is 0. The van der Waals surface area contributed by atoms with Crippen LogP contribution in [0, 0.1) is 0 Å². The molecule has 0 aromatic carbocycles. The molecule has 0 heterocycles. The summed E-state index contributed by atoms with van der Waals surface area (Å²) < 4.78 is 0. The van der Waals surface area contributed by atoms with Crippen molar-refractivity contribution in [3.63, 3.8) is 0 Å². The van der Waals surface area contributed by atoms with E-state index >= 15 is 0 Å². The lowest BCUT2D eigenvalue weighted by Gasteiger charge is -2.26. The predicted octanol–water partition coefficient (Wildman–Crippen LogP) is 4.40. The van der Waals surface area contributed by atoms with Gasteiger partial charge in [0.2, 0.25) is 5.91 Å². The molecule has 0 saturated carbocycles. The maximum absolute atomic E-state index is 12.3. The molecule has 0 aliphatic rings. The highest BCUT2D eigenvalue weighted by atomic mass is 16.4. The van der Waals surface area contributed by atoms with Gasteiger partial charge in [-0.1, -0.05) is 45.1 Å². The Kier molecular flexibility index (Phi) is 12.5. The van der Waals surface area contributed by atoms with Gasteiger partial charge in [0.15, 0.2) is 0 Å². The van der Waals surface area contributed by atoms with Crippen molar-refractivity contribution in [3.8, 4) is 0 Å². The largest absolute Gasteiger partial charge is 0.480 e. The van der Waals surface area contributed by atoms with E-state index in [1.54, 1.807) is 6.92 Å². The second kappa shape index (κ2) is 13.4. The van der Waals surface area contributed by atoms with Crippen molar-refractivity contribution in [2.24, 2.45) is 0 Å². The zero-order valence-electron chi connectivity index (χ0n) is 14.4. The quantitative estimate of drug-likeness (QED) is 0.382. The summed E-state index contributed by atoms with van der Waals surface area (Å²) in [6.45, 7) is 8.00. The van der Waals surface area contributed by atoms with Crippen LogP contribution in [0.4, 0.5) is 0 Å². The highest BCUT2D eigenvalue weighted by Crippen LogP contribution is 2.11. The van der Waals surface area contributed by atoms with Crippen molar-refractivity contribution >= 4 is 11.9 Å². The van der Waals surface area contributed by atoms with Gasteiger partial charge in [-0.25, -0.2) is 4.79 Å². The number of unbranched alkanes of at least 4 members (excludes halogenated alkanes) is 7.